The van der Waals surface area contributed by atoms with Gasteiger partial charge in [0.05, 0.1) is 11.4 Å². The Hall–Kier alpha value is -3.28. The number of anilines is 1. The number of benzene rings is 1. The molecule has 0 bridgehead atoms. The van der Waals surface area contributed by atoms with Crippen molar-refractivity contribution in [3.63, 3.8) is 0 Å². The van der Waals surface area contributed by atoms with Gasteiger partial charge in [-0.3, -0.25) is 9.38 Å². The summed E-state index contributed by atoms with van der Waals surface area (Å²) < 4.78 is 15.8. The summed E-state index contributed by atoms with van der Waals surface area (Å²) in [5.41, 5.74) is 9.87. The number of nitrogen functional groups attached to an aromatic ring is 1. The number of aromatic nitrogens is 4. The first-order valence-electron chi connectivity index (χ1n) is 7.44. The lowest BCUT2D eigenvalue weighted by Gasteiger charge is -2.04. The van der Waals surface area contributed by atoms with Crippen molar-refractivity contribution < 1.29 is 4.39 Å². The van der Waals surface area contributed by atoms with Gasteiger partial charge in [0.2, 0.25) is 5.78 Å². The normalized spacial score (nSPS) is 11.1. The number of aryl methyl sites for hydroxylation is 1. The zero-order valence-corrected chi connectivity index (χ0v) is 12.9. The first kappa shape index (κ1) is 14.3. The van der Waals surface area contributed by atoms with E-state index in [0.717, 1.165) is 16.8 Å². The SMILES string of the molecule is Cc1cccnc1-c1cnc2nc(-c3cc(N)ccc3F)cn2c1. The van der Waals surface area contributed by atoms with Crippen LogP contribution in [0.15, 0.2) is 55.1 Å². The molecule has 0 saturated carbocycles. The molecule has 4 aromatic rings. The predicted octanol–water partition coefficient (Wildman–Crippen LogP) is 3.49. The van der Waals surface area contributed by atoms with Gasteiger partial charge in [0, 0.05) is 41.6 Å². The van der Waals surface area contributed by atoms with Crippen LogP contribution in [-0.4, -0.2) is 19.4 Å². The maximum absolute atomic E-state index is 14.0. The smallest absolute Gasteiger partial charge is 0.234 e. The Morgan fingerprint density at radius 3 is 2.83 bits per heavy atom. The van der Waals surface area contributed by atoms with Gasteiger partial charge in [0.1, 0.15) is 5.82 Å². The van der Waals surface area contributed by atoms with E-state index in [1.165, 1.54) is 12.1 Å². The fourth-order valence-corrected chi connectivity index (χ4v) is 2.66. The molecule has 0 aliphatic heterocycles. The van der Waals surface area contributed by atoms with E-state index in [1.54, 1.807) is 29.1 Å². The number of rotatable bonds is 2. The van der Waals surface area contributed by atoms with Crippen LogP contribution in [0.4, 0.5) is 10.1 Å². The number of fused-ring (bicyclic) bond motifs is 1. The quantitative estimate of drug-likeness (QED) is 0.574. The summed E-state index contributed by atoms with van der Waals surface area (Å²) >= 11 is 0. The molecule has 6 heteroatoms. The van der Waals surface area contributed by atoms with E-state index in [2.05, 4.69) is 15.0 Å². The van der Waals surface area contributed by atoms with E-state index in [9.17, 15) is 4.39 Å². The van der Waals surface area contributed by atoms with Crippen LogP contribution in [0.25, 0.3) is 28.3 Å². The lowest BCUT2D eigenvalue weighted by atomic mass is 10.1. The Morgan fingerprint density at radius 1 is 1.12 bits per heavy atom. The summed E-state index contributed by atoms with van der Waals surface area (Å²) in [5.74, 6) is 0.123. The number of halogens is 1. The van der Waals surface area contributed by atoms with Crippen LogP contribution in [0.3, 0.4) is 0 Å². The zero-order valence-electron chi connectivity index (χ0n) is 12.9. The Balaban J connectivity index is 1.85. The van der Waals surface area contributed by atoms with E-state index in [0.29, 0.717) is 22.7 Å². The Morgan fingerprint density at radius 2 is 2.00 bits per heavy atom. The van der Waals surface area contributed by atoms with Crippen molar-refractivity contribution >= 4 is 11.5 Å². The first-order valence-corrected chi connectivity index (χ1v) is 7.44. The Bertz CT molecular complexity index is 1050. The third-order valence-electron chi connectivity index (χ3n) is 3.86. The second kappa shape index (κ2) is 5.42. The van der Waals surface area contributed by atoms with Crippen molar-refractivity contribution in [3.8, 4) is 22.5 Å². The van der Waals surface area contributed by atoms with Gasteiger partial charge in [-0.05, 0) is 36.8 Å². The number of hydrogen-bond donors (Lipinski definition) is 1. The summed E-state index contributed by atoms with van der Waals surface area (Å²) in [6.07, 6.45) is 7.09. The number of nitrogens with two attached hydrogens (primary N) is 1. The van der Waals surface area contributed by atoms with Crippen LogP contribution in [0, 0.1) is 12.7 Å². The van der Waals surface area contributed by atoms with Crippen molar-refractivity contribution in [1.82, 2.24) is 19.4 Å². The van der Waals surface area contributed by atoms with Gasteiger partial charge in [-0.2, -0.15) is 0 Å². The van der Waals surface area contributed by atoms with E-state index < -0.39 is 0 Å². The molecule has 2 N–H and O–H groups in total. The minimum Gasteiger partial charge on any atom is -0.399 e. The van der Waals surface area contributed by atoms with Gasteiger partial charge in [-0.1, -0.05) is 6.07 Å². The van der Waals surface area contributed by atoms with E-state index in [1.807, 2.05) is 25.3 Å². The van der Waals surface area contributed by atoms with E-state index >= 15 is 0 Å². The molecular weight excluding hydrogens is 305 g/mol. The van der Waals surface area contributed by atoms with Gasteiger partial charge in [0.15, 0.2) is 0 Å². The standard InChI is InChI=1S/C18H14FN5/c1-11-3-2-6-21-17(11)12-8-22-18-23-16(10-24(18)9-12)14-7-13(20)4-5-15(14)19/h2-10H,20H2,1H3. The highest BCUT2D eigenvalue weighted by Gasteiger charge is 2.12. The van der Waals surface area contributed by atoms with Crippen molar-refractivity contribution in [3.05, 3.63) is 66.5 Å². The lowest BCUT2D eigenvalue weighted by Crippen LogP contribution is -1.92. The highest BCUT2D eigenvalue weighted by Crippen LogP contribution is 2.26. The highest BCUT2D eigenvalue weighted by atomic mass is 19.1. The van der Waals surface area contributed by atoms with Crippen LogP contribution < -0.4 is 5.73 Å². The average Bonchev–Trinajstić information content (AvgIpc) is 3.00. The van der Waals surface area contributed by atoms with Crippen LogP contribution in [-0.2, 0) is 0 Å². The number of imidazole rings is 1. The summed E-state index contributed by atoms with van der Waals surface area (Å²) in [7, 11) is 0. The van der Waals surface area contributed by atoms with Crippen molar-refractivity contribution in [1.29, 1.82) is 0 Å². The molecule has 0 unspecified atom stereocenters. The summed E-state index contributed by atoms with van der Waals surface area (Å²) in [6, 6.07) is 8.32. The Kier molecular flexibility index (Phi) is 3.23. The minimum atomic E-state index is -0.367. The van der Waals surface area contributed by atoms with E-state index in [4.69, 9.17) is 5.73 Å². The van der Waals surface area contributed by atoms with Crippen molar-refractivity contribution in [2.24, 2.45) is 0 Å². The Labute approximate surface area is 137 Å². The topological polar surface area (TPSA) is 69.1 Å². The van der Waals surface area contributed by atoms with E-state index in [-0.39, 0.29) is 5.82 Å². The maximum Gasteiger partial charge on any atom is 0.234 e. The molecule has 4 rings (SSSR count). The minimum absolute atomic E-state index is 0.357. The molecule has 0 aliphatic rings. The molecular formula is C18H14FN5. The molecule has 5 nitrogen and oxygen atoms in total. The summed E-state index contributed by atoms with van der Waals surface area (Å²) in [5, 5.41) is 0. The van der Waals surface area contributed by atoms with Crippen LogP contribution in [0.2, 0.25) is 0 Å². The monoisotopic (exact) mass is 319 g/mol. The summed E-state index contributed by atoms with van der Waals surface area (Å²) in [4.78, 5) is 13.1. The van der Waals surface area contributed by atoms with Crippen LogP contribution in [0.1, 0.15) is 5.56 Å². The van der Waals surface area contributed by atoms with Gasteiger partial charge in [0.25, 0.3) is 0 Å². The molecule has 0 aliphatic carbocycles. The highest BCUT2D eigenvalue weighted by molar-refractivity contribution is 5.67. The second-order valence-electron chi connectivity index (χ2n) is 5.58. The van der Waals surface area contributed by atoms with Gasteiger partial charge < -0.3 is 5.73 Å². The fraction of sp³-hybridized carbons (Fsp3) is 0.0556. The zero-order chi connectivity index (χ0) is 16.7. The fourth-order valence-electron chi connectivity index (χ4n) is 2.66. The van der Waals surface area contributed by atoms with Crippen molar-refractivity contribution in [2.45, 2.75) is 6.92 Å². The number of hydrogen-bond acceptors (Lipinski definition) is 4. The lowest BCUT2D eigenvalue weighted by molar-refractivity contribution is 0.631. The molecule has 0 radical (unpaired) electrons. The molecule has 0 saturated heterocycles. The number of nitrogens with zero attached hydrogens (tertiary/aromatic N) is 4. The van der Waals surface area contributed by atoms with Gasteiger partial charge in [-0.15, -0.1) is 0 Å². The second-order valence-corrected chi connectivity index (χ2v) is 5.58. The molecule has 1 aromatic carbocycles. The first-order chi connectivity index (χ1) is 11.6. The van der Waals surface area contributed by atoms with Gasteiger partial charge >= 0.3 is 0 Å². The molecule has 0 fully saturated rings. The average molecular weight is 319 g/mol. The van der Waals surface area contributed by atoms with Gasteiger partial charge in [-0.25, -0.2) is 14.4 Å². The molecule has 3 aromatic heterocycles. The largest absolute Gasteiger partial charge is 0.399 e. The van der Waals surface area contributed by atoms with Crippen LogP contribution >= 0.6 is 0 Å². The van der Waals surface area contributed by atoms with Crippen LogP contribution in [0.5, 0.6) is 0 Å². The van der Waals surface area contributed by atoms with Crippen molar-refractivity contribution in [2.75, 3.05) is 5.73 Å². The third kappa shape index (κ3) is 2.38. The maximum atomic E-state index is 14.0. The molecule has 118 valence electrons. The summed E-state index contributed by atoms with van der Waals surface area (Å²) in [6.45, 7) is 1.99. The third-order valence-corrected chi connectivity index (χ3v) is 3.86. The molecule has 24 heavy (non-hydrogen) atoms. The molecule has 0 atom stereocenters. The molecule has 0 spiro atoms. The molecule has 3 heterocycles. The number of pyridine rings is 1. The predicted molar refractivity (Wildman–Crippen MR) is 90.8 cm³/mol. The molecule has 0 amide bonds.